The number of likely N-dealkylation sites (N-methyl/N-ethyl adjacent to an activating group) is 1. The van der Waals surface area contributed by atoms with Gasteiger partial charge in [0.05, 0.1) is 56.5 Å². The van der Waals surface area contributed by atoms with Crippen LogP contribution in [0.15, 0.2) is 46.6 Å². The lowest BCUT2D eigenvalue weighted by Gasteiger charge is -2.51. The number of rotatable bonds is 9. The number of hydrogen-bond acceptors (Lipinski definition) is 7. The van der Waals surface area contributed by atoms with Gasteiger partial charge in [0.1, 0.15) is 5.75 Å². The number of nitro groups is 1. The molecule has 33 heavy (non-hydrogen) atoms. The van der Waals surface area contributed by atoms with Crippen LogP contribution in [0.2, 0.25) is 0 Å². The predicted molar refractivity (Wildman–Crippen MR) is 129 cm³/mol. The topological polar surface area (TPSA) is 83.6 Å². The van der Waals surface area contributed by atoms with Crippen LogP contribution in [0.3, 0.4) is 0 Å². The van der Waals surface area contributed by atoms with Crippen molar-refractivity contribution in [2.45, 2.75) is 13.8 Å². The number of piperazine rings is 3. The molecule has 9 heteroatoms. The first-order chi connectivity index (χ1) is 15.9. The summed E-state index contributed by atoms with van der Waals surface area (Å²) in [7, 11) is 1.47. The molecule has 3 saturated heterocycles. The number of aryl methyl sites for hydroxylation is 1. The number of benzene rings is 2. The first kappa shape index (κ1) is 23.1. The van der Waals surface area contributed by atoms with E-state index in [1.165, 1.54) is 69.2 Å². The van der Waals surface area contributed by atoms with Crippen LogP contribution in [0.4, 0.5) is 22.7 Å². The van der Waals surface area contributed by atoms with Gasteiger partial charge in [-0.15, -0.1) is 5.11 Å². The second kappa shape index (κ2) is 9.84. The van der Waals surface area contributed by atoms with Gasteiger partial charge in [0.2, 0.25) is 0 Å². The smallest absolute Gasteiger partial charge is 0.300 e. The normalized spacial score (nSPS) is 22.0. The van der Waals surface area contributed by atoms with E-state index in [9.17, 15) is 10.1 Å². The van der Waals surface area contributed by atoms with Crippen LogP contribution in [-0.2, 0) is 0 Å². The van der Waals surface area contributed by atoms with Gasteiger partial charge in [-0.3, -0.25) is 15.0 Å². The van der Waals surface area contributed by atoms with Crippen LogP contribution < -0.4 is 9.64 Å². The summed E-state index contributed by atoms with van der Waals surface area (Å²) in [6.07, 6.45) is 0. The van der Waals surface area contributed by atoms with E-state index in [1.807, 2.05) is 13.0 Å². The van der Waals surface area contributed by atoms with Gasteiger partial charge in [0.25, 0.3) is 5.69 Å². The van der Waals surface area contributed by atoms with Crippen LogP contribution in [-0.4, -0.2) is 80.3 Å². The molecule has 0 unspecified atom stereocenters. The van der Waals surface area contributed by atoms with Crippen molar-refractivity contribution < 1.29 is 14.1 Å². The third kappa shape index (κ3) is 5.15. The fourth-order valence-corrected chi connectivity index (χ4v) is 4.79. The van der Waals surface area contributed by atoms with E-state index in [1.54, 1.807) is 12.1 Å². The van der Waals surface area contributed by atoms with Crippen molar-refractivity contribution in [1.82, 2.24) is 4.90 Å². The van der Waals surface area contributed by atoms with Crippen LogP contribution in [0.5, 0.6) is 5.75 Å². The van der Waals surface area contributed by atoms with Gasteiger partial charge in [-0.05, 0) is 49.7 Å². The van der Waals surface area contributed by atoms with Crippen molar-refractivity contribution in [3.63, 3.8) is 0 Å². The zero-order valence-corrected chi connectivity index (χ0v) is 19.7. The number of quaternary nitrogens is 1. The maximum atomic E-state index is 11.4. The molecule has 3 fully saturated rings. The van der Waals surface area contributed by atoms with Gasteiger partial charge in [0.15, 0.2) is 5.69 Å². The van der Waals surface area contributed by atoms with E-state index in [-0.39, 0.29) is 11.4 Å². The Morgan fingerprint density at radius 2 is 1.76 bits per heavy atom. The van der Waals surface area contributed by atoms with E-state index >= 15 is 0 Å². The highest BCUT2D eigenvalue weighted by Gasteiger charge is 2.38. The van der Waals surface area contributed by atoms with Crippen LogP contribution >= 0.6 is 0 Å². The van der Waals surface area contributed by atoms with E-state index in [0.29, 0.717) is 11.4 Å². The average Bonchev–Trinajstić information content (AvgIpc) is 2.85. The minimum Gasteiger partial charge on any atom is -0.496 e. The Kier molecular flexibility index (Phi) is 6.90. The number of nitro benzene ring substituents is 1. The zero-order valence-electron chi connectivity index (χ0n) is 19.7. The average molecular weight is 454 g/mol. The summed E-state index contributed by atoms with van der Waals surface area (Å²) in [5.41, 5.74) is 2.95. The predicted octanol–water partition coefficient (Wildman–Crippen LogP) is 4.30. The lowest BCUT2D eigenvalue weighted by atomic mass is 10.1. The number of anilines is 1. The Morgan fingerprint density at radius 1 is 1.09 bits per heavy atom. The molecule has 3 aliphatic rings. The summed E-state index contributed by atoms with van der Waals surface area (Å²) in [5.74, 6) is 0.415. The molecule has 3 heterocycles. The Hall–Kier alpha value is -3.04. The first-order valence-electron chi connectivity index (χ1n) is 11.6. The molecule has 0 aromatic heterocycles. The molecule has 9 nitrogen and oxygen atoms in total. The Balaban J connectivity index is 1.46. The summed E-state index contributed by atoms with van der Waals surface area (Å²) in [4.78, 5) is 15.9. The second-order valence-corrected chi connectivity index (χ2v) is 8.94. The van der Waals surface area contributed by atoms with E-state index in [0.717, 1.165) is 18.7 Å². The van der Waals surface area contributed by atoms with Gasteiger partial charge in [-0.2, -0.15) is 5.11 Å². The Labute approximate surface area is 195 Å². The SMILES string of the molecule is CCN(CC[N+]12CCN(CC1)CC2)c1ccc(/N=N/c2ccc(OC)cc2[N+](=O)[O-])c(C)c1. The molecule has 0 atom stereocenters. The molecule has 2 aromatic carbocycles. The molecule has 0 spiro atoms. The van der Waals surface area contributed by atoms with E-state index in [2.05, 4.69) is 39.1 Å². The number of methoxy groups -OCH3 is 1. The van der Waals surface area contributed by atoms with Gasteiger partial charge < -0.3 is 14.1 Å². The van der Waals surface area contributed by atoms with Crippen molar-refractivity contribution >= 4 is 22.7 Å². The van der Waals surface area contributed by atoms with Crippen LogP contribution in [0, 0.1) is 17.0 Å². The molecule has 2 bridgehead atoms. The van der Waals surface area contributed by atoms with Crippen LogP contribution in [0.1, 0.15) is 12.5 Å². The zero-order chi connectivity index (χ0) is 23.4. The monoisotopic (exact) mass is 453 g/mol. The fourth-order valence-electron chi connectivity index (χ4n) is 4.79. The molecule has 2 aromatic rings. The molecule has 0 radical (unpaired) electrons. The number of hydrogen-bond donors (Lipinski definition) is 0. The minimum absolute atomic E-state index is 0.129. The number of ether oxygens (including phenoxy) is 1. The van der Waals surface area contributed by atoms with Crippen LogP contribution in [0.25, 0.3) is 0 Å². The van der Waals surface area contributed by atoms with Crippen molar-refractivity contribution in [3.8, 4) is 5.75 Å². The van der Waals surface area contributed by atoms with Crippen molar-refractivity contribution in [2.75, 3.05) is 70.9 Å². The summed E-state index contributed by atoms with van der Waals surface area (Å²) in [5, 5.41) is 19.8. The third-order valence-electron chi connectivity index (χ3n) is 7.09. The summed E-state index contributed by atoms with van der Waals surface area (Å²) in [6, 6.07) is 10.7. The summed E-state index contributed by atoms with van der Waals surface area (Å²) >= 11 is 0. The van der Waals surface area contributed by atoms with Gasteiger partial charge in [0, 0.05) is 31.9 Å². The fraction of sp³-hybridized carbons (Fsp3) is 0.500. The standard InChI is InChI=1S/C24H33N6O3/c1-4-28(12-16-30-13-9-27(10-14-30)11-15-30)20-5-7-22(19(2)17-20)25-26-23-8-6-21(33-3)18-24(23)29(31)32/h5-8,17-18H,4,9-16H2,1-3H3/q+1/b26-25+. The largest absolute Gasteiger partial charge is 0.496 e. The van der Waals surface area contributed by atoms with E-state index in [4.69, 9.17) is 4.74 Å². The molecule has 3 aliphatic heterocycles. The highest BCUT2D eigenvalue weighted by Crippen LogP contribution is 2.33. The molecular formula is C24H33N6O3+. The Bertz CT molecular complexity index is 1020. The maximum Gasteiger partial charge on any atom is 0.300 e. The Morgan fingerprint density at radius 3 is 2.36 bits per heavy atom. The first-order valence-corrected chi connectivity index (χ1v) is 11.6. The van der Waals surface area contributed by atoms with Crippen molar-refractivity contribution in [1.29, 1.82) is 0 Å². The summed E-state index contributed by atoms with van der Waals surface area (Å²) < 4.78 is 6.33. The molecule has 5 rings (SSSR count). The van der Waals surface area contributed by atoms with Crippen molar-refractivity contribution in [3.05, 3.63) is 52.1 Å². The number of nitrogens with zero attached hydrogens (tertiary/aromatic N) is 6. The quantitative estimate of drug-likeness (QED) is 0.245. The second-order valence-electron chi connectivity index (χ2n) is 8.94. The molecule has 176 valence electrons. The maximum absolute atomic E-state index is 11.4. The van der Waals surface area contributed by atoms with Gasteiger partial charge >= 0.3 is 0 Å². The van der Waals surface area contributed by atoms with Gasteiger partial charge in [-0.1, -0.05) is 0 Å². The third-order valence-corrected chi connectivity index (χ3v) is 7.09. The van der Waals surface area contributed by atoms with Crippen molar-refractivity contribution in [2.24, 2.45) is 10.2 Å². The lowest BCUT2D eigenvalue weighted by Crippen LogP contribution is -2.68. The molecule has 0 saturated carbocycles. The molecule has 0 N–H and O–H groups in total. The number of azo groups is 1. The molecular weight excluding hydrogens is 420 g/mol. The lowest BCUT2D eigenvalue weighted by molar-refractivity contribution is -0.939. The highest BCUT2D eigenvalue weighted by atomic mass is 16.6. The van der Waals surface area contributed by atoms with Gasteiger partial charge in [-0.25, -0.2) is 0 Å². The molecule has 0 amide bonds. The number of fused-ring (bicyclic) bond motifs is 3. The molecule has 0 aliphatic carbocycles. The summed E-state index contributed by atoms with van der Waals surface area (Å²) in [6.45, 7) is 14.9. The highest BCUT2D eigenvalue weighted by molar-refractivity contribution is 5.61. The minimum atomic E-state index is -0.472. The van der Waals surface area contributed by atoms with E-state index < -0.39 is 4.92 Å².